The molecule has 2 rings (SSSR count). The van der Waals surface area contributed by atoms with Gasteiger partial charge in [0.2, 0.25) is 5.89 Å². The lowest BCUT2D eigenvalue weighted by atomic mass is 10.5. The molecule has 0 saturated carbocycles. The van der Waals surface area contributed by atoms with E-state index in [0.717, 1.165) is 4.88 Å². The molecule has 0 spiro atoms. The van der Waals surface area contributed by atoms with Crippen LogP contribution in [0, 0.1) is 0 Å². The Morgan fingerprint density at radius 1 is 1.58 bits per heavy atom. The molecule has 0 aliphatic heterocycles. The highest BCUT2D eigenvalue weighted by Gasteiger charge is 2.05. The Hall–Kier alpha value is -1.16. The van der Waals surface area contributed by atoms with Crippen LogP contribution < -0.4 is 0 Å². The SMILES string of the molecule is FCc1cnc(-c2cccs2)o1. The maximum absolute atomic E-state index is 12.1. The highest BCUT2D eigenvalue weighted by molar-refractivity contribution is 7.13. The quantitative estimate of drug-likeness (QED) is 0.715. The van der Waals surface area contributed by atoms with Crippen LogP contribution in [0.4, 0.5) is 4.39 Å². The second kappa shape index (κ2) is 3.06. The number of halogens is 1. The molecule has 0 fully saturated rings. The topological polar surface area (TPSA) is 26.0 Å². The molecule has 4 heteroatoms. The molecule has 0 saturated heterocycles. The minimum atomic E-state index is -0.599. The maximum atomic E-state index is 12.1. The zero-order chi connectivity index (χ0) is 8.39. The van der Waals surface area contributed by atoms with Crippen molar-refractivity contribution >= 4 is 11.3 Å². The van der Waals surface area contributed by atoms with Crippen LogP contribution in [-0.4, -0.2) is 4.98 Å². The molecule has 0 unspecified atom stereocenters. The summed E-state index contributed by atoms with van der Waals surface area (Å²) in [5.41, 5.74) is 0. The molecule has 0 aromatic carbocycles. The van der Waals surface area contributed by atoms with Crippen molar-refractivity contribution < 1.29 is 8.81 Å². The molecule has 62 valence electrons. The summed E-state index contributed by atoms with van der Waals surface area (Å²) in [4.78, 5) is 4.86. The van der Waals surface area contributed by atoms with E-state index >= 15 is 0 Å². The van der Waals surface area contributed by atoms with Gasteiger partial charge in [-0.2, -0.15) is 0 Å². The molecule has 2 aromatic rings. The molecule has 0 atom stereocenters. The van der Waals surface area contributed by atoms with Crippen LogP contribution >= 0.6 is 11.3 Å². The molecule has 0 bridgehead atoms. The fourth-order valence-electron chi connectivity index (χ4n) is 0.883. The molecule has 0 N–H and O–H groups in total. The molecule has 2 heterocycles. The summed E-state index contributed by atoms with van der Waals surface area (Å²) in [5, 5.41) is 1.93. The van der Waals surface area contributed by atoms with E-state index in [4.69, 9.17) is 4.42 Å². The lowest BCUT2D eigenvalue weighted by Crippen LogP contribution is -1.67. The van der Waals surface area contributed by atoms with E-state index in [9.17, 15) is 4.39 Å². The number of aromatic nitrogens is 1. The van der Waals surface area contributed by atoms with Gasteiger partial charge in [-0.15, -0.1) is 11.3 Å². The van der Waals surface area contributed by atoms with E-state index in [2.05, 4.69) is 4.98 Å². The third-order valence-corrected chi connectivity index (χ3v) is 2.28. The molecule has 2 aromatic heterocycles. The van der Waals surface area contributed by atoms with E-state index in [1.54, 1.807) is 0 Å². The van der Waals surface area contributed by atoms with Crippen molar-refractivity contribution in [3.8, 4) is 10.8 Å². The molecular weight excluding hydrogens is 177 g/mol. The van der Waals surface area contributed by atoms with Crippen LogP contribution in [0.25, 0.3) is 10.8 Å². The highest BCUT2D eigenvalue weighted by atomic mass is 32.1. The summed E-state index contributed by atoms with van der Waals surface area (Å²) in [7, 11) is 0. The van der Waals surface area contributed by atoms with E-state index in [1.807, 2.05) is 17.5 Å². The smallest absolute Gasteiger partial charge is 0.236 e. The average Bonchev–Trinajstić information content (AvgIpc) is 2.75. The molecule has 0 aliphatic rings. The molecular formula is C8H6FNOS. The Bertz CT molecular complexity index is 355. The minimum absolute atomic E-state index is 0.276. The molecule has 0 radical (unpaired) electrons. The van der Waals surface area contributed by atoms with Gasteiger partial charge in [-0.05, 0) is 11.4 Å². The molecule has 0 amide bonds. The van der Waals surface area contributed by atoms with Crippen LogP contribution in [0.3, 0.4) is 0 Å². The van der Waals surface area contributed by atoms with Gasteiger partial charge in [0.1, 0.15) is 6.67 Å². The fraction of sp³-hybridized carbons (Fsp3) is 0.125. The van der Waals surface area contributed by atoms with Crippen LogP contribution in [0.1, 0.15) is 5.76 Å². The van der Waals surface area contributed by atoms with Gasteiger partial charge >= 0.3 is 0 Å². The number of oxazole rings is 1. The second-order valence-electron chi connectivity index (χ2n) is 2.24. The van der Waals surface area contributed by atoms with Crippen molar-refractivity contribution in [2.45, 2.75) is 6.67 Å². The van der Waals surface area contributed by atoms with Crippen LogP contribution in [0.2, 0.25) is 0 Å². The summed E-state index contributed by atoms with van der Waals surface area (Å²) < 4.78 is 17.2. The van der Waals surface area contributed by atoms with Gasteiger partial charge in [0.15, 0.2) is 5.76 Å². The van der Waals surface area contributed by atoms with Crippen LogP contribution in [0.5, 0.6) is 0 Å². The number of hydrogen-bond donors (Lipinski definition) is 0. The van der Waals surface area contributed by atoms with Gasteiger partial charge in [0.05, 0.1) is 11.1 Å². The third kappa shape index (κ3) is 1.25. The van der Waals surface area contributed by atoms with Crippen molar-refractivity contribution in [1.82, 2.24) is 4.98 Å². The van der Waals surface area contributed by atoms with Crippen LogP contribution in [0.15, 0.2) is 28.1 Å². The number of thiophene rings is 1. The van der Waals surface area contributed by atoms with Crippen LogP contribution in [-0.2, 0) is 6.67 Å². The summed E-state index contributed by atoms with van der Waals surface area (Å²) in [6, 6.07) is 3.79. The molecule has 2 nitrogen and oxygen atoms in total. The monoisotopic (exact) mass is 183 g/mol. The van der Waals surface area contributed by atoms with E-state index in [-0.39, 0.29) is 5.76 Å². The molecule has 0 aliphatic carbocycles. The Balaban J connectivity index is 2.35. The Morgan fingerprint density at radius 2 is 2.50 bits per heavy atom. The Morgan fingerprint density at radius 3 is 3.08 bits per heavy atom. The van der Waals surface area contributed by atoms with Crippen molar-refractivity contribution in [2.75, 3.05) is 0 Å². The van der Waals surface area contributed by atoms with Gasteiger partial charge in [0, 0.05) is 0 Å². The van der Waals surface area contributed by atoms with Crippen molar-refractivity contribution in [1.29, 1.82) is 0 Å². The second-order valence-corrected chi connectivity index (χ2v) is 3.19. The average molecular weight is 183 g/mol. The van der Waals surface area contributed by atoms with Crippen molar-refractivity contribution in [2.24, 2.45) is 0 Å². The largest absolute Gasteiger partial charge is 0.438 e. The first-order valence-electron chi connectivity index (χ1n) is 3.44. The number of hydrogen-bond acceptors (Lipinski definition) is 3. The summed E-state index contributed by atoms with van der Waals surface area (Å²) in [5.74, 6) is 0.774. The fourth-order valence-corrected chi connectivity index (χ4v) is 1.54. The predicted molar refractivity (Wildman–Crippen MR) is 44.6 cm³/mol. The van der Waals surface area contributed by atoms with Gasteiger partial charge in [-0.25, -0.2) is 9.37 Å². The Kier molecular flexibility index (Phi) is 1.91. The zero-order valence-corrected chi connectivity index (χ0v) is 6.97. The third-order valence-electron chi connectivity index (χ3n) is 1.42. The first-order chi connectivity index (χ1) is 5.90. The highest BCUT2D eigenvalue weighted by Crippen LogP contribution is 2.23. The summed E-state index contributed by atoms with van der Waals surface area (Å²) in [6.07, 6.45) is 1.41. The number of alkyl halides is 1. The summed E-state index contributed by atoms with van der Waals surface area (Å²) >= 11 is 1.52. The van der Waals surface area contributed by atoms with Gasteiger partial charge in [0.25, 0.3) is 0 Å². The Labute approximate surface area is 72.7 Å². The first kappa shape index (κ1) is 7.49. The standard InChI is InChI=1S/C8H6FNOS/c9-4-6-5-10-8(11-6)7-2-1-3-12-7/h1-3,5H,4H2. The summed E-state index contributed by atoms with van der Waals surface area (Å²) in [6.45, 7) is -0.599. The predicted octanol–water partition coefficient (Wildman–Crippen LogP) is 2.87. The van der Waals surface area contributed by atoms with E-state index in [1.165, 1.54) is 17.5 Å². The normalized spacial score (nSPS) is 10.4. The maximum Gasteiger partial charge on any atom is 0.236 e. The first-order valence-corrected chi connectivity index (χ1v) is 4.32. The number of nitrogens with zero attached hydrogens (tertiary/aromatic N) is 1. The minimum Gasteiger partial charge on any atom is -0.438 e. The van der Waals surface area contributed by atoms with Crippen molar-refractivity contribution in [3.05, 3.63) is 29.5 Å². The van der Waals surface area contributed by atoms with Crippen molar-refractivity contribution in [3.63, 3.8) is 0 Å². The number of rotatable bonds is 2. The van der Waals surface area contributed by atoms with Gasteiger partial charge < -0.3 is 4.42 Å². The lowest BCUT2D eigenvalue weighted by molar-refractivity contribution is 0.398. The molecule has 12 heavy (non-hydrogen) atoms. The van der Waals surface area contributed by atoms with E-state index in [0.29, 0.717) is 5.89 Å². The lowest BCUT2D eigenvalue weighted by Gasteiger charge is -1.85. The van der Waals surface area contributed by atoms with Gasteiger partial charge in [-0.3, -0.25) is 0 Å². The zero-order valence-electron chi connectivity index (χ0n) is 6.16. The van der Waals surface area contributed by atoms with Gasteiger partial charge in [-0.1, -0.05) is 6.07 Å². The van der Waals surface area contributed by atoms with E-state index < -0.39 is 6.67 Å².